The van der Waals surface area contributed by atoms with Gasteiger partial charge in [-0.05, 0) is 187 Å². The Bertz CT molecular complexity index is 3800. The summed E-state index contributed by atoms with van der Waals surface area (Å²) in [5.74, 6) is 5.82. The normalized spacial score (nSPS) is 27.0. The summed E-state index contributed by atoms with van der Waals surface area (Å²) in [5.41, 5.74) is 19.2. The molecule has 4 unspecified atom stereocenters. The first kappa shape index (κ1) is 33.4. The maximum Gasteiger partial charge on any atom is 0.136 e. The van der Waals surface area contributed by atoms with Crippen LogP contribution in [0.3, 0.4) is 0 Å². The van der Waals surface area contributed by atoms with E-state index >= 15 is 0 Å². The zero-order valence-corrected chi connectivity index (χ0v) is 35.3. The Balaban J connectivity index is 1.11. The quantitative estimate of drug-likeness (QED) is 0.175. The third-order valence-electron chi connectivity index (χ3n) is 18.2. The van der Waals surface area contributed by atoms with Crippen LogP contribution in [0, 0.1) is 23.7 Å². The average molecular weight is 815 g/mol. The van der Waals surface area contributed by atoms with Gasteiger partial charge in [0.25, 0.3) is 0 Å². The predicted molar refractivity (Wildman–Crippen MR) is 255 cm³/mol. The Morgan fingerprint density at radius 1 is 0.413 bits per heavy atom. The second-order valence-electron chi connectivity index (χ2n) is 21.4. The number of nitrogens with zero attached hydrogens (tertiary/aromatic N) is 2. The van der Waals surface area contributed by atoms with Crippen LogP contribution in [0.2, 0.25) is 0 Å². The molecule has 5 heterocycles. The fraction of sp³-hybridized carbons (Fsp3) is 0.305. The van der Waals surface area contributed by atoms with E-state index in [-0.39, 0.29) is 0 Å². The Hall–Kier alpha value is -6.13. The minimum absolute atomic E-state index is 0.552. The van der Waals surface area contributed by atoms with Gasteiger partial charge in [-0.25, -0.2) is 0 Å². The van der Waals surface area contributed by atoms with Crippen molar-refractivity contribution >= 4 is 82.0 Å². The van der Waals surface area contributed by atoms with Gasteiger partial charge in [0.05, 0.1) is 22.7 Å². The Morgan fingerprint density at radius 3 is 1.59 bits per heavy atom. The van der Waals surface area contributed by atoms with Crippen molar-refractivity contribution < 1.29 is 8.83 Å². The molecule has 4 atom stereocenters. The van der Waals surface area contributed by atoms with Crippen molar-refractivity contribution in [1.82, 2.24) is 9.38 Å². The number of rotatable bonds is 2. The third kappa shape index (κ3) is 4.18. The van der Waals surface area contributed by atoms with Crippen LogP contribution in [0.25, 0.3) is 104 Å². The number of hydrogen-bond acceptors (Lipinski definition) is 3. The Labute approximate surface area is 364 Å². The average Bonchev–Trinajstić information content (AvgIpc) is 4.01. The van der Waals surface area contributed by atoms with E-state index in [1.807, 2.05) is 0 Å². The molecule has 63 heavy (non-hydrogen) atoms. The summed E-state index contributed by atoms with van der Waals surface area (Å²) in [7, 11) is 0. The Kier molecular flexibility index (Phi) is 6.11. The first-order valence-corrected chi connectivity index (χ1v) is 24.2. The molecule has 0 saturated heterocycles. The van der Waals surface area contributed by atoms with Crippen molar-refractivity contribution in [3.8, 4) is 22.3 Å². The van der Waals surface area contributed by atoms with Crippen molar-refractivity contribution in [3.05, 3.63) is 132 Å². The lowest BCUT2D eigenvalue weighted by molar-refractivity contribution is 0.165. The SMILES string of the molecule is c1ccc2c(c1)oc1cccc(-c3cc(-c4cccc5oc6ccccc6c45)c4c5c6c(ncc5n5c7cc8c(cc7c3c45)C3CC4CC(C3)CC8C4)C3CC4CC(C3)CC6C4)c12. The first-order valence-electron chi connectivity index (χ1n) is 24.2. The van der Waals surface area contributed by atoms with E-state index in [1.165, 1.54) is 152 Å². The summed E-state index contributed by atoms with van der Waals surface area (Å²) in [6.07, 6.45) is 15.9. The zero-order valence-electron chi connectivity index (χ0n) is 35.3. The molecule has 4 fully saturated rings. The van der Waals surface area contributed by atoms with E-state index < -0.39 is 0 Å². The van der Waals surface area contributed by atoms with Gasteiger partial charge in [0.15, 0.2) is 0 Å². The molecule has 0 spiro atoms. The highest BCUT2D eigenvalue weighted by molar-refractivity contribution is 6.33. The molecule has 4 saturated carbocycles. The van der Waals surface area contributed by atoms with Crippen molar-refractivity contribution in [2.75, 3.05) is 0 Å². The molecule has 0 aliphatic heterocycles. The van der Waals surface area contributed by atoms with Gasteiger partial charge in [-0.3, -0.25) is 4.98 Å². The fourth-order valence-corrected chi connectivity index (χ4v) is 16.3. The van der Waals surface area contributed by atoms with Crippen LogP contribution < -0.4 is 0 Å². The van der Waals surface area contributed by atoms with Crippen molar-refractivity contribution in [2.24, 2.45) is 23.7 Å². The topological polar surface area (TPSA) is 43.6 Å². The molecule has 8 aliphatic carbocycles. The summed E-state index contributed by atoms with van der Waals surface area (Å²) < 4.78 is 16.1. The molecule has 0 amide bonds. The number of fused-ring (bicyclic) bond motifs is 12. The van der Waals surface area contributed by atoms with Gasteiger partial charge >= 0.3 is 0 Å². The van der Waals surface area contributed by atoms with Crippen LogP contribution in [0.15, 0.2) is 118 Å². The van der Waals surface area contributed by atoms with Crippen molar-refractivity contribution in [2.45, 2.75) is 87.9 Å². The van der Waals surface area contributed by atoms with E-state index in [0.717, 1.165) is 46.0 Å². The number of aromatic nitrogens is 2. The predicted octanol–water partition coefficient (Wildman–Crippen LogP) is 16.1. The molecule has 0 radical (unpaired) electrons. The molecule has 8 bridgehead atoms. The summed E-state index contributed by atoms with van der Waals surface area (Å²) in [4.78, 5) is 5.66. The van der Waals surface area contributed by atoms with E-state index in [1.54, 1.807) is 16.7 Å². The van der Waals surface area contributed by atoms with Gasteiger partial charge in [0.1, 0.15) is 22.3 Å². The van der Waals surface area contributed by atoms with Gasteiger partial charge < -0.3 is 13.2 Å². The van der Waals surface area contributed by atoms with E-state index in [2.05, 4.69) is 114 Å². The number of furan rings is 2. The molecule has 5 aromatic heterocycles. The monoisotopic (exact) mass is 814 g/mol. The molecule has 304 valence electrons. The summed E-state index contributed by atoms with van der Waals surface area (Å²) in [6.45, 7) is 0. The largest absolute Gasteiger partial charge is 0.456 e. The fourth-order valence-electron chi connectivity index (χ4n) is 16.3. The lowest BCUT2D eigenvalue weighted by atomic mass is 9.67. The summed E-state index contributed by atoms with van der Waals surface area (Å²) in [5, 5.41) is 10.5. The summed E-state index contributed by atoms with van der Waals surface area (Å²) in [6, 6.07) is 38.9. The number of hydrogen-bond donors (Lipinski definition) is 0. The van der Waals surface area contributed by atoms with Crippen LogP contribution >= 0.6 is 0 Å². The van der Waals surface area contributed by atoms with Crippen LogP contribution in [0.5, 0.6) is 0 Å². The number of benzene rings is 6. The minimum Gasteiger partial charge on any atom is -0.456 e. The standard InChI is InChI=1S/C59H46N2O2/c1-3-11-48-39(7-1)53-37(9-5-13-50(53)62-48)43-26-44(38-10-6-14-51-54(38)40-8-2-4-12-49(40)63-51)56-57-47(28-60-58-36-23-31-16-32(24-36)22-35(21-31)52(57)58)61-46-27-42-34-19-29-15-30(20-34)18-33(17-29)41(42)25-45(46)55(43)59(56)61/h1-14,25-36H,15-24H2. The molecule has 4 heteroatoms. The van der Waals surface area contributed by atoms with Crippen LogP contribution in [0.1, 0.15) is 110 Å². The van der Waals surface area contributed by atoms with Gasteiger partial charge in [-0.1, -0.05) is 60.7 Å². The lowest BCUT2D eigenvalue weighted by Crippen LogP contribution is -2.25. The van der Waals surface area contributed by atoms with Gasteiger partial charge in [0.2, 0.25) is 0 Å². The highest BCUT2D eigenvalue weighted by Crippen LogP contribution is 2.61. The van der Waals surface area contributed by atoms with Gasteiger partial charge in [-0.2, -0.15) is 0 Å². The third-order valence-corrected chi connectivity index (χ3v) is 18.2. The number of para-hydroxylation sites is 2. The first-order chi connectivity index (χ1) is 31.2. The lowest BCUT2D eigenvalue weighted by Gasteiger charge is -2.38. The van der Waals surface area contributed by atoms with Crippen molar-refractivity contribution in [3.63, 3.8) is 0 Å². The molecule has 8 aliphatic rings. The highest BCUT2D eigenvalue weighted by atomic mass is 16.3. The molecule has 19 rings (SSSR count). The van der Waals surface area contributed by atoms with E-state index in [0.29, 0.717) is 23.7 Å². The minimum atomic E-state index is 0.552. The summed E-state index contributed by atoms with van der Waals surface area (Å²) >= 11 is 0. The molecular weight excluding hydrogens is 769 g/mol. The Morgan fingerprint density at radius 2 is 0.952 bits per heavy atom. The van der Waals surface area contributed by atoms with Gasteiger partial charge in [-0.15, -0.1) is 0 Å². The zero-order chi connectivity index (χ0) is 40.4. The highest BCUT2D eigenvalue weighted by Gasteiger charge is 2.46. The molecule has 4 nitrogen and oxygen atoms in total. The smallest absolute Gasteiger partial charge is 0.136 e. The second-order valence-corrected chi connectivity index (χ2v) is 21.4. The van der Waals surface area contributed by atoms with Crippen molar-refractivity contribution in [1.29, 1.82) is 0 Å². The van der Waals surface area contributed by atoms with Crippen LogP contribution in [0.4, 0.5) is 0 Å². The van der Waals surface area contributed by atoms with Crippen LogP contribution in [-0.4, -0.2) is 9.38 Å². The van der Waals surface area contributed by atoms with E-state index in [4.69, 9.17) is 13.8 Å². The van der Waals surface area contributed by atoms with Gasteiger partial charge in [0, 0.05) is 54.7 Å². The molecule has 11 aromatic rings. The maximum absolute atomic E-state index is 6.68. The second kappa shape index (κ2) is 11.5. The molecule has 0 N–H and O–H groups in total. The number of pyridine rings is 1. The molecular formula is C59H46N2O2. The van der Waals surface area contributed by atoms with E-state index in [9.17, 15) is 0 Å². The van der Waals surface area contributed by atoms with Crippen LogP contribution in [-0.2, 0) is 0 Å². The maximum atomic E-state index is 6.68. The molecule has 6 aromatic carbocycles.